The number of ketones is 1. The van der Waals surface area contributed by atoms with Crippen molar-refractivity contribution < 1.29 is 14.5 Å². The lowest BCUT2D eigenvalue weighted by Gasteiger charge is -2.26. The Morgan fingerprint density at radius 1 is 0.870 bits per heavy atom. The van der Waals surface area contributed by atoms with Crippen LogP contribution in [0, 0.1) is 0 Å². The molecule has 0 fully saturated rings. The van der Waals surface area contributed by atoms with Crippen LogP contribution < -0.4 is 10.2 Å². The highest BCUT2D eigenvalue weighted by molar-refractivity contribution is 6.03. The molecule has 2 aromatic rings. The summed E-state index contributed by atoms with van der Waals surface area (Å²) in [7, 11) is 0. The van der Waals surface area contributed by atoms with Gasteiger partial charge in [-0.3, -0.25) is 14.9 Å². The molecule has 0 bridgehead atoms. The summed E-state index contributed by atoms with van der Waals surface area (Å²) in [4.78, 5) is 26.3. The number of hydrogen-bond acceptors (Lipinski definition) is 2. The number of carbonyl (C=O) groups excluding carboxylic acids is 2. The summed E-state index contributed by atoms with van der Waals surface area (Å²) in [6.45, 7) is 5.54. The first kappa shape index (κ1) is 16.9. The second-order valence-electron chi connectivity index (χ2n) is 5.37. The molecule has 2 rings (SSSR count). The Kier molecular flexibility index (Phi) is 6.06. The number of Topliss-reactive ketones (excluding diaryl/α,β-unsaturated/α-hetero) is 1. The topological polar surface area (TPSA) is 50.6 Å². The SMILES string of the molecule is CC[NH+](CC)[C@H](NC(=O)c1ccccc1)C(=O)c1ccccc1. The Labute approximate surface area is 137 Å². The molecule has 0 aliphatic rings. The smallest absolute Gasteiger partial charge is 0.256 e. The highest BCUT2D eigenvalue weighted by Gasteiger charge is 2.30. The molecule has 1 atom stereocenters. The fourth-order valence-electron chi connectivity index (χ4n) is 2.58. The van der Waals surface area contributed by atoms with E-state index in [2.05, 4.69) is 5.32 Å². The van der Waals surface area contributed by atoms with Crippen molar-refractivity contribution >= 4 is 11.7 Å². The van der Waals surface area contributed by atoms with Crippen LogP contribution in [0.5, 0.6) is 0 Å². The van der Waals surface area contributed by atoms with Gasteiger partial charge in [0.25, 0.3) is 5.91 Å². The molecule has 4 nitrogen and oxygen atoms in total. The van der Waals surface area contributed by atoms with Crippen LogP contribution in [0.15, 0.2) is 60.7 Å². The van der Waals surface area contributed by atoms with E-state index in [9.17, 15) is 9.59 Å². The molecule has 0 radical (unpaired) electrons. The van der Waals surface area contributed by atoms with Gasteiger partial charge >= 0.3 is 0 Å². The predicted octanol–water partition coefficient (Wildman–Crippen LogP) is 1.55. The third-order valence-electron chi connectivity index (χ3n) is 3.95. The zero-order valence-electron chi connectivity index (χ0n) is 13.6. The Balaban J connectivity index is 2.24. The number of hydrogen-bond donors (Lipinski definition) is 2. The van der Waals surface area contributed by atoms with Gasteiger partial charge in [-0.2, -0.15) is 0 Å². The maximum Gasteiger partial charge on any atom is 0.256 e. The van der Waals surface area contributed by atoms with Crippen LogP contribution in [0.2, 0.25) is 0 Å². The van der Waals surface area contributed by atoms with E-state index >= 15 is 0 Å². The molecular formula is C19H23N2O2+. The standard InChI is InChI=1S/C19H22N2O2/c1-3-21(4-2)18(17(22)15-11-7-5-8-12-15)20-19(23)16-13-9-6-10-14-16/h5-14,18H,3-4H2,1-2H3,(H,20,23)/p+1/t18-/m0/s1. The van der Waals surface area contributed by atoms with E-state index in [1.807, 2.05) is 50.2 Å². The fourth-order valence-corrected chi connectivity index (χ4v) is 2.58. The fraction of sp³-hybridized carbons (Fsp3) is 0.263. The molecule has 0 aromatic heterocycles. The van der Waals surface area contributed by atoms with Gasteiger partial charge in [0, 0.05) is 11.1 Å². The first-order valence-electron chi connectivity index (χ1n) is 7.97. The van der Waals surface area contributed by atoms with Gasteiger partial charge in [0.05, 0.1) is 13.1 Å². The molecule has 0 aliphatic heterocycles. The minimum absolute atomic E-state index is 0.0615. The van der Waals surface area contributed by atoms with Gasteiger partial charge in [0.15, 0.2) is 0 Å². The number of likely N-dealkylation sites (N-methyl/N-ethyl adjacent to an activating group) is 1. The second-order valence-corrected chi connectivity index (χ2v) is 5.37. The van der Waals surface area contributed by atoms with Crippen molar-refractivity contribution in [1.82, 2.24) is 5.32 Å². The van der Waals surface area contributed by atoms with Gasteiger partial charge in [-0.1, -0.05) is 48.5 Å². The minimum atomic E-state index is -0.583. The van der Waals surface area contributed by atoms with Gasteiger partial charge in [-0.15, -0.1) is 0 Å². The minimum Gasteiger partial charge on any atom is -0.309 e. The van der Waals surface area contributed by atoms with Crippen LogP contribution in [0.4, 0.5) is 0 Å². The summed E-state index contributed by atoms with van der Waals surface area (Å²) < 4.78 is 0. The molecule has 1 amide bonds. The van der Waals surface area contributed by atoms with Gasteiger partial charge in [0.2, 0.25) is 11.9 Å². The quantitative estimate of drug-likeness (QED) is 0.602. The van der Waals surface area contributed by atoms with E-state index in [0.29, 0.717) is 11.1 Å². The molecule has 2 aromatic carbocycles. The molecule has 0 saturated carbocycles. The summed E-state index contributed by atoms with van der Waals surface area (Å²) in [6, 6.07) is 18.1. The van der Waals surface area contributed by atoms with E-state index in [1.54, 1.807) is 24.3 Å². The Morgan fingerprint density at radius 3 is 1.83 bits per heavy atom. The summed E-state index contributed by atoms with van der Waals surface area (Å²) in [5.41, 5.74) is 1.18. The lowest BCUT2D eigenvalue weighted by atomic mass is 10.1. The van der Waals surface area contributed by atoms with Crippen LogP contribution in [-0.4, -0.2) is 30.9 Å². The predicted molar refractivity (Wildman–Crippen MR) is 90.5 cm³/mol. The molecule has 23 heavy (non-hydrogen) atoms. The zero-order valence-corrected chi connectivity index (χ0v) is 13.6. The van der Waals surface area contributed by atoms with Gasteiger partial charge in [0.1, 0.15) is 0 Å². The van der Waals surface area contributed by atoms with Crippen LogP contribution >= 0.6 is 0 Å². The largest absolute Gasteiger partial charge is 0.309 e. The number of carbonyl (C=O) groups is 2. The average molecular weight is 311 g/mol. The Bertz CT molecular complexity index is 637. The number of rotatable bonds is 7. The second kappa shape index (κ2) is 8.25. The van der Waals surface area contributed by atoms with Crippen LogP contribution in [0.25, 0.3) is 0 Å². The molecule has 120 valence electrons. The third-order valence-corrected chi connectivity index (χ3v) is 3.95. The highest BCUT2D eigenvalue weighted by Crippen LogP contribution is 2.03. The van der Waals surface area contributed by atoms with Gasteiger partial charge in [-0.25, -0.2) is 0 Å². The summed E-state index contributed by atoms with van der Waals surface area (Å²) in [5, 5.41) is 2.91. The zero-order chi connectivity index (χ0) is 16.7. The van der Waals surface area contributed by atoms with E-state index in [1.165, 1.54) is 0 Å². The molecule has 0 saturated heterocycles. The lowest BCUT2D eigenvalue weighted by molar-refractivity contribution is -0.914. The first-order valence-corrected chi connectivity index (χ1v) is 7.97. The molecule has 0 spiro atoms. The van der Waals surface area contributed by atoms with Crippen LogP contribution in [-0.2, 0) is 0 Å². The van der Waals surface area contributed by atoms with E-state index < -0.39 is 6.17 Å². The monoisotopic (exact) mass is 311 g/mol. The van der Waals surface area contributed by atoms with Crippen LogP contribution in [0.1, 0.15) is 34.6 Å². The Morgan fingerprint density at radius 2 is 1.35 bits per heavy atom. The molecule has 0 heterocycles. The number of quaternary nitrogens is 1. The highest BCUT2D eigenvalue weighted by atomic mass is 16.2. The van der Waals surface area contributed by atoms with E-state index in [0.717, 1.165) is 18.0 Å². The maximum atomic E-state index is 12.8. The molecule has 0 aliphatic carbocycles. The van der Waals surface area contributed by atoms with Crippen LogP contribution in [0.3, 0.4) is 0 Å². The van der Waals surface area contributed by atoms with Crippen molar-refractivity contribution in [3.05, 3.63) is 71.8 Å². The number of benzene rings is 2. The summed E-state index contributed by atoms with van der Waals surface area (Å²) in [6.07, 6.45) is -0.583. The van der Waals surface area contributed by atoms with Crippen molar-refractivity contribution in [2.24, 2.45) is 0 Å². The van der Waals surface area contributed by atoms with E-state index in [-0.39, 0.29) is 11.7 Å². The molecule has 4 heteroatoms. The van der Waals surface area contributed by atoms with Gasteiger partial charge < -0.3 is 4.90 Å². The van der Waals surface area contributed by atoms with Crippen molar-refractivity contribution in [2.45, 2.75) is 20.0 Å². The lowest BCUT2D eigenvalue weighted by Crippen LogP contribution is -3.18. The molecule has 0 unspecified atom stereocenters. The van der Waals surface area contributed by atoms with Gasteiger partial charge in [-0.05, 0) is 26.0 Å². The summed E-state index contributed by atoms with van der Waals surface area (Å²) >= 11 is 0. The molecular weight excluding hydrogens is 288 g/mol. The third kappa shape index (κ3) is 4.27. The maximum absolute atomic E-state index is 12.8. The van der Waals surface area contributed by atoms with Crippen molar-refractivity contribution in [2.75, 3.05) is 13.1 Å². The van der Waals surface area contributed by atoms with E-state index in [4.69, 9.17) is 0 Å². The normalized spacial score (nSPS) is 12.0. The first-order chi connectivity index (χ1) is 11.2. The number of amides is 1. The number of nitrogens with one attached hydrogen (secondary N) is 2. The van der Waals surface area contributed by atoms with Crippen molar-refractivity contribution in [3.63, 3.8) is 0 Å². The Hall–Kier alpha value is -2.46. The van der Waals surface area contributed by atoms with Crippen molar-refractivity contribution in [3.8, 4) is 0 Å². The molecule has 2 N–H and O–H groups in total. The average Bonchev–Trinajstić information content (AvgIpc) is 2.62. The summed E-state index contributed by atoms with van der Waals surface area (Å²) in [5.74, 6) is -0.284. The van der Waals surface area contributed by atoms with Crippen molar-refractivity contribution in [1.29, 1.82) is 0 Å².